The van der Waals surface area contributed by atoms with Crippen molar-refractivity contribution in [3.05, 3.63) is 6.92 Å². The average Bonchev–Trinajstić information content (AvgIpc) is 2.16. The maximum absolute atomic E-state index is 3.83. The summed E-state index contributed by atoms with van der Waals surface area (Å²) in [7, 11) is 2.01. The van der Waals surface area contributed by atoms with Crippen molar-refractivity contribution in [3.8, 4) is 0 Å². The van der Waals surface area contributed by atoms with Crippen LogP contribution in [-0.2, 0) is 0 Å². The molecule has 0 saturated carbocycles. The predicted molar refractivity (Wildman–Crippen MR) is 59.9 cm³/mol. The lowest BCUT2D eigenvalue weighted by molar-refractivity contribution is 0.572. The van der Waals surface area contributed by atoms with E-state index in [-0.39, 0.29) is 0 Å². The van der Waals surface area contributed by atoms with Gasteiger partial charge in [-0.2, -0.15) is 0 Å². The van der Waals surface area contributed by atoms with Crippen LogP contribution in [-0.4, -0.2) is 26.7 Å². The molecule has 13 heavy (non-hydrogen) atoms. The molecule has 0 aromatic heterocycles. The van der Waals surface area contributed by atoms with Gasteiger partial charge in [0.25, 0.3) is 0 Å². The van der Waals surface area contributed by atoms with Gasteiger partial charge in [-0.05, 0) is 45.9 Å². The Morgan fingerprint density at radius 2 is 1.46 bits per heavy atom. The van der Waals surface area contributed by atoms with Crippen LogP contribution in [0.3, 0.4) is 0 Å². The summed E-state index contributed by atoms with van der Waals surface area (Å²) in [4.78, 5) is 0. The number of hydrogen-bond donors (Lipinski definition) is 2. The fourth-order valence-corrected chi connectivity index (χ4v) is 1.28. The molecular weight excluding hydrogens is 160 g/mol. The van der Waals surface area contributed by atoms with Crippen LogP contribution in [0.4, 0.5) is 0 Å². The van der Waals surface area contributed by atoms with Crippen LogP contribution in [0.5, 0.6) is 0 Å². The Hall–Kier alpha value is -0.0800. The van der Waals surface area contributed by atoms with Crippen LogP contribution >= 0.6 is 0 Å². The molecule has 2 nitrogen and oxygen atoms in total. The Balaban J connectivity index is 2.76. The van der Waals surface area contributed by atoms with Gasteiger partial charge in [0.05, 0.1) is 0 Å². The Kier molecular flexibility index (Phi) is 11.8. The number of hydrogen-bond acceptors (Lipinski definition) is 2. The first-order valence-electron chi connectivity index (χ1n) is 5.56. The van der Waals surface area contributed by atoms with E-state index in [0.717, 1.165) is 13.0 Å². The van der Waals surface area contributed by atoms with Crippen LogP contribution in [0.1, 0.15) is 38.5 Å². The van der Waals surface area contributed by atoms with E-state index in [4.69, 9.17) is 0 Å². The van der Waals surface area contributed by atoms with Gasteiger partial charge in [-0.3, -0.25) is 0 Å². The zero-order chi connectivity index (χ0) is 9.78. The minimum absolute atomic E-state index is 1.09. The summed E-state index contributed by atoms with van der Waals surface area (Å²) >= 11 is 0. The molecule has 79 valence electrons. The summed E-state index contributed by atoms with van der Waals surface area (Å²) in [5.74, 6) is 0. The van der Waals surface area contributed by atoms with Crippen LogP contribution in [0.25, 0.3) is 0 Å². The third-order valence-corrected chi connectivity index (χ3v) is 2.13. The van der Waals surface area contributed by atoms with E-state index in [1.165, 1.54) is 45.2 Å². The number of rotatable bonds is 10. The average molecular weight is 185 g/mol. The predicted octanol–water partition coefficient (Wildman–Crippen LogP) is 1.97. The van der Waals surface area contributed by atoms with Crippen LogP contribution in [0.2, 0.25) is 0 Å². The van der Waals surface area contributed by atoms with Gasteiger partial charge in [-0.1, -0.05) is 26.2 Å². The van der Waals surface area contributed by atoms with Gasteiger partial charge in [0.2, 0.25) is 0 Å². The van der Waals surface area contributed by atoms with Crippen molar-refractivity contribution in [2.75, 3.05) is 26.7 Å². The molecule has 0 heterocycles. The van der Waals surface area contributed by atoms with E-state index in [9.17, 15) is 0 Å². The second-order valence-electron chi connectivity index (χ2n) is 3.47. The van der Waals surface area contributed by atoms with Gasteiger partial charge in [0.15, 0.2) is 0 Å². The summed E-state index contributed by atoms with van der Waals surface area (Å²) in [6, 6.07) is 0. The van der Waals surface area contributed by atoms with E-state index in [1.807, 2.05) is 7.05 Å². The van der Waals surface area contributed by atoms with E-state index in [1.54, 1.807) is 0 Å². The van der Waals surface area contributed by atoms with Crippen LogP contribution < -0.4 is 10.6 Å². The molecule has 0 amide bonds. The number of nitrogens with one attached hydrogen (secondary N) is 2. The first kappa shape index (κ1) is 12.9. The van der Waals surface area contributed by atoms with Gasteiger partial charge >= 0.3 is 0 Å². The summed E-state index contributed by atoms with van der Waals surface area (Å²) in [5.41, 5.74) is 0. The molecule has 0 fully saturated rings. The minimum atomic E-state index is 1.09. The molecular formula is C11H25N2. The van der Waals surface area contributed by atoms with Crippen molar-refractivity contribution < 1.29 is 0 Å². The molecule has 0 aliphatic heterocycles. The van der Waals surface area contributed by atoms with E-state index in [0.29, 0.717) is 0 Å². The van der Waals surface area contributed by atoms with Crippen LogP contribution in [0.15, 0.2) is 0 Å². The molecule has 0 aromatic carbocycles. The molecule has 2 heteroatoms. The lowest BCUT2D eigenvalue weighted by atomic mass is 10.2. The quantitative estimate of drug-likeness (QED) is 0.508. The zero-order valence-corrected chi connectivity index (χ0v) is 9.07. The monoisotopic (exact) mass is 185 g/mol. The largest absolute Gasteiger partial charge is 0.320 e. The highest BCUT2D eigenvalue weighted by molar-refractivity contribution is 4.51. The third-order valence-electron chi connectivity index (χ3n) is 2.13. The minimum Gasteiger partial charge on any atom is -0.320 e. The Morgan fingerprint density at radius 3 is 2.08 bits per heavy atom. The molecule has 0 rings (SSSR count). The zero-order valence-electron chi connectivity index (χ0n) is 9.07. The normalized spacial score (nSPS) is 10.6. The Bertz CT molecular complexity index is 74.2. The molecule has 0 bridgehead atoms. The summed E-state index contributed by atoms with van der Waals surface area (Å²) in [6.45, 7) is 7.32. The van der Waals surface area contributed by atoms with Crippen molar-refractivity contribution in [3.63, 3.8) is 0 Å². The second-order valence-corrected chi connectivity index (χ2v) is 3.47. The van der Waals surface area contributed by atoms with Crippen molar-refractivity contribution in [2.24, 2.45) is 0 Å². The third kappa shape index (κ3) is 11.9. The van der Waals surface area contributed by atoms with Gasteiger partial charge in [0, 0.05) is 0 Å². The van der Waals surface area contributed by atoms with Crippen molar-refractivity contribution in [1.82, 2.24) is 10.6 Å². The molecule has 0 atom stereocenters. The van der Waals surface area contributed by atoms with Gasteiger partial charge < -0.3 is 10.6 Å². The fraction of sp³-hybridized carbons (Fsp3) is 0.909. The Labute approximate surface area is 83.5 Å². The molecule has 0 saturated heterocycles. The van der Waals surface area contributed by atoms with Gasteiger partial charge in [0.1, 0.15) is 0 Å². The highest BCUT2D eigenvalue weighted by atomic mass is 14.8. The standard InChI is InChI=1S/C11H25N2/c1-3-4-5-6-10-13-11-8-7-9-12-2/h12-13H,1,3-11H2,2H3. The topological polar surface area (TPSA) is 24.1 Å². The molecule has 0 aliphatic carbocycles. The van der Waals surface area contributed by atoms with Gasteiger partial charge in [-0.25, -0.2) is 0 Å². The van der Waals surface area contributed by atoms with Crippen molar-refractivity contribution >= 4 is 0 Å². The first-order valence-corrected chi connectivity index (χ1v) is 5.56. The first-order chi connectivity index (χ1) is 6.41. The molecule has 0 aliphatic rings. The fourth-order valence-electron chi connectivity index (χ4n) is 1.28. The number of unbranched alkanes of at least 4 members (excludes halogenated alkanes) is 4. The summed E-state index contributed by atoms with van der Waals surface area (Å²) < 4.78 is 0. The molecule has 1 radical (unpaired) electrons. The SMILES string of the molecule is [CH2]CCCCCNCCCCNC. The summed E-state index contributed by atoms with van der Waals surface area (Å²) in [5, 5.41) is 6.61. The van der Waals surface area contributed by atoms with Crippen LogP contribution in [0, 0.1) is 6.92 Å². The lowest BCUT2D eigenvalue weighted by Crippen LogP contribution is -2.18. The van der Waals surface area contributed by atoms with E-state index in [2.05, 4.69) is 17.6 Å². The summed E-state index contributed by atoms with van der Waals surface area (Å²) in [6.07, 6.45) is 7.57. The van der Waals surface area contributed by atoms with Crippen molar-refractivity contribution in [2.45, 2.75) is 38.5 Å². The van der Waals surface area contributed by atoms with Gasteiger partial charge in [-0.15, -0.1) is 0 Å². The van der Waals surface area contributed by atoms with Crippen molar-refractivity contribution in [1.29, 1.82) is 0 Å². The second kappa shape index (κ2) is 11.9. The Morgan fingerprint density at radius 1 is 0.846 bits per heavy atom. The molecule has 0 unspecified atom stereocenters. The van der Waals surface area contributed by atoms with E-state index >= 15 is 0 Å². The maximum Gasteiger partial charge on any atom is -0.00484 e. The highest BCUT2D eigenvalue weighted by Gasteiger charge is 1.89. The van der Waals surface area contributed by atoms with E-state index < -0.39 is 0 Å². The smallest absolute Gasteiger partial charge is 0.00484 e. The maximum atomic E-state index is 3.83. The lowest BCUT2D eigenvalue weighted by Gasteiger charge is -2.03. The molecule has 2 N–H and O–H groups in total. The molecule has 0 aromatic rings. The highest BCUT2D eigenvalue weighted by Crippen LogP contribution is 1.96. The molecule has 0 spiro atoms.